The monoisotopic (exact) mass is 254 g/mol. The zero-order valence-electron chi connectivity index (χ0n) is 9.06. The van der Waals surface area contributed by atoms with Crippen molar-refractivity contribution in [3.63, 3.8) is 0 Å². The van der Waals surface area contributed by atoms with Crippen LogP contribution in [0.2, 0.25) is 0 Å². The fourth-order valence-corrected chi connectivity index (χ4v) is 2.69. The molecule has 2 aromatic heterocycles. The van der Waals surface area contributed by atoms with Crippen molar-refractivity contribution in [2.24, 2.45) is 0 Å². The van der Waals surface area contributed by atoms with Gasteiger partial charge in [0.2, 0.25) is 0 Å². The van der Waals surface area contributed by atoms with Crippen LogP contribution in [0.25, 0.3) is 0 Å². The lowest BCUT2D eigenvalue weighted by Gasteiger charge is -1.99. The van der Waals surface area contributed by atoms with Crippen LogP contribution in [0.5, 0.6) is 0 Å². The molecule has 0 spiro atoms. The van der Waals surface area contributed by atoms with Crippen LogP contribution in [-0.2, 0) is 13.0 Å². The standard InChI is InChI=1S/C10H14N4S2/c1-7-4-13-9(16-7)5-12-3-2-8-6-15-10(11)14-8/h4,6,12H,2-3,5H2,1H3,(H2,11,14). The van der Waals surface area contributed by atoms with Crippen molar-refractivity contribution in [2.45, 2.75) is 19.9 Å². The van der Waals surface area contributed by atoms with Crippen molar-refractivity contribution in [1.82, 2.24) is 15.3 Å². The molecule has 3 N–H and O–H groups in total. The van der Waals surface area contributed by atoms with Gasteiger partial charge in [-0.1, -0.05) is 0 Å². The van der Waals surface area contributed by atoms with E-state index in [-0.39, 0.29) is 0 Å². The quantitative estimate of drug-likeness (QED) is 0.799. The molecule has 0 atom stereocenters. The summed E-state index contributed by atoms with van der Waals surface area (Å²) in [4.78, 5) is 9.74. The summed E-state index contributed by atoms with van der Waals surface area (Å²) in [5.41, 5.74) is 6.62. The molecule has 0 aliphatic rings. The molecule has 0 radical (unpaired) electrons. The number of hydrogen-bond acceptors (Lipinski definition) is 6. The zero-order valence-corrected chi connectivity index (χ0v) is 10.7. The molecule has 0 bridgehead atoms. The molecule has 4 nitrogen and oxygen atoms in total. The molecule has 2 aromatic rings. The minimum absolute atomic E-state index is 0.644. The molecule has 6 heteroatoms. The highest BCUT2D eigenvalue weighted by molar-refractivity contribution is 7.13. The summed E-state index contributed by atoms with van der Waals surface area (Å²) in [5, 5.41) is 7.13. The van der Waals surface area contributed by atoms with E-state index in [0.29, 0.717) is 5.13 Å². The number of rotatable bonds is 5. The average molecular weight is 254 g/mol. The van der Waals surface area contributed by atoms with E-state index in [2.05, 4.69) is 22.2 Å². The normalized spacial score (nSPS) is 10.8. The lowest BCUT2D eigenvalue weighted by molar-refractivity contribution is 0.679. The second kappa shape index (κ2) is 5.38. The van der Waals surface area contributed by atoms with Gasteiger partial charge in [-0.05, 0) is 6.92 Å². The van der Waals surface area contributed by atoms with Gasteiger partial charge in [0.15, 0.2) is 5.13 Å². The Kier molecular flexibility index (Phi) is 3.87. The van der Waals surface area contributed by atoms with Crippen molar-refractivity contribution in [2.75, 3.05) is 12.3 Å². The fourth-order valence-electron chi connectivity index (χ4n) is 1.33. The van der Waals surface area contributed by atoms with Gasteiger partial charge in [-0.2, -0.15) is 0 Å². The molecular formula is C10H14N4S2. The largest absolute Gasteiger partial charge is 0.375 e. The van der Waals surface area contributed by atoms with E-state index in [0.717, 1.165) is 30.2 Å². The highest BCUT2D eigenvalue weighted by atomic mass is 32.1. The van der Waals surface area contributed by atoms with E-state index in [4.69, 9.17) is 5.73 Å². The average Bonchev–Trinajstić information content (AvgIpc) is 2.83. The number of aromatic nitrogens is 2. The third-order valence-electron chi connectivity index (χ3n) is 2.07. The Morgan fingerprint density at radius 3 is 3.00 bits per heavy atom. The van der Waals surface area contributed by atoms with Gasteiger partial charge in [0, 0.05) is 36.0 Å². The van der Waals surface area contributed by atoms with E-state index in [9.17, 15) is 0 Å². The molecule has 0 aliphatic carbocycles. The molecule has 0 aromatic carbocycles. The predicted octanol–water partition coefficient (Wildman–Crippen LogP) is 1.82. The molecule has 2 rings (SSSR count). The number of nitrogens with zero attached hydrogens (tertiary/aromatic N) is 2. The van der Waals surface area contributed by atoms with E-state index in [1.165, 1.54) is 16.2 Å². The molecule has 0 unspecified atom stereocenters. The second-order valence-corrected chi connectivity index (χ2v) is 5.68. The Balaban J connectivity index is 1.69. The summed E-state index contributed by atoms with van der Waals surface area (Å²) in [6, 6.07) is 0. The van der Waals surface area contributed by atoms with Gasteiger partial charge >= 0.3 is 0 Å². The third-order valence-corrected chi connectivity index (χ3v) is 3.71. The lowest BCUT2D eigenvalue weighted by atomic mass is 10.3. The predicted molar refractivity (Wildman–Crippen MR) is 68.8 cm³/mol. The van der Waals surface area contributed by atoms with Crippen LogP contribution in [0, 0.1) is 6.92 Å². The topological polar surface area (TPSA) is 63.8 Å². The summed E-state index contributed by atoms with van der Waals surface area (Å²) in [6.07, 6.45) is 2.82. The van der Waals surface area contributed by atoms with Crippen molar-refractivity contribution in [3.05, 3.63) is 27.2 Å². The summed E-state index contributed by atoms with van der Waals surface area (Å²) in [7, 11) is 0. The second-order valence-electron chi connectivity index (χ2n) is 3.47. The summed E-state index contributed by atoms with van der Waals surface area (Å²) in [6.45, 7) is 3.80. The number of nitrogens with two attached hydrogens (primary N) is 1. The number of nitrogen functional groups attached to an aromatic ring is 1. The van der Waals surface area contributed by atoms with Crippen molar-refractivity contribution in [1.29, 1.82) is 0 Å². The molecule has 16 heavy (non-hydrogen) atoms. The summed E-state index contributed by atoms with van der Waals surface area (Å²) in [5.74, 6) is 0. The zero-order chi connectivity index (χ0) is 11.4. The first-order valence-electron chi connectivity index (χ1n) is 5.06. The van der Waals surface area contributed by atoms with Crippen LogP contribution in [0.3, 0.4) is 0 Å². The van der Waals surface area contributed by atoms with E-state index in [1.807, 2.05) is 11.6 Å². The van der Waals surface area contributed by atoms with Crippen LogP contribution >= 0.6 is 22.7 Å². The van der Waals surface area contributed by atoms with Crippen LogP contribution in [0.1, 0.15) is 15.6 Å². The maximum absolute atomic E-state index is 5.56. The van der Waals surface area contributed by atoms with Gasteiger partial charge in [-0.15, -0.1) is 22.7 Å². The fraction of sp³-hybridized carbons (Fsp3) is 0.400. The summed E-state index contributed by atoms with van der Waals surface area (Å²) < 4.78 is 0. The third kappa shape index (κ3) is 3.26. The lowest BCUT2D eigenvalue weighted by Crippen LogP contribution is -2.16. The van der Waals surface area contributed by atoms with E-state index < -0.39 is 0 Å². The van der Waals surface area contributed by atoms with Gasteiger partial charge in [-0.25, -0.2) is 9.97 Å². The SMILES string of the molecule is Cc1cnc(CNCCc2csc(N)n2)s1. The minimum Gasteiger partial charge on any atom is -0.375 e. The Bertz CT molecular complexity index is 407. The number of hydrogen-bond donors (Lipinski definition) is 2. The van der Waals surface area contributed by atoms with Crippen LogP contribution < -0.4 is 11.1 Å². The van der Waals surface area contributed by atoms with Crippen LogP contribution in [-0.4, -0.2) is 16.5 Å². The molecule has 0 saturated heterocycles. The van der Waals surface area contributed by atoms with Gasteiger partial charge in [0.1, 0.15) is 5.01 Å². The number of anilines is 1. The molecule has 0 amide bonds. The molecule has 0 saturated carbocycles. The first-order chi connectivity index (χ1) is 7.74. The first kappa shape index (κ1) is 11.5. The summed E-state index contributed by atoms with van der Waals surface area (Å²) >= 11 is 3.22. The van der Waals surface area contributed by atoms with Gasteiger partial charge in [0.25, 0.3) is 0 Å². The van der Waals surface area contributed by atoms with E-state index >= 15 is 0 Å². The van der Waals surface area contributed by atoms with Gasteiger partial charge < -0.3 is 11.1 Å². The minimum atomic E-state index is 0.644. The van der Waals surface area contributed by atoms with Crippen LogP contribution in [0.4, 0.5) is 5.13 Å². The number of aryl methyl sites for hydroxylation is 1. The smallest absolute Gasteiger partial charge is 0.180 e. The van der Waals surface area contributed by atoms with Crippen molar-refractivity contribution in [3.8, 4) is 0 Å². The molecular weight excluding hydrogens is 240 g/mol. The van der Waals surface area contributed by atoms with Gasteiger partial charge in [0.05, 0.1) is 5.69 Å². The maximum Gasteiger partial charge on any atom is 0.180 e. The van der Waals surface area contributed by atoms with Crippen molar-refractivity contribution < 1.29 is 0 Å². The molecule has 2 heterocycles. The molecule has 0 aliphatic heterocycles. The Hall–Kier alpha value is -0.980. The Morgan fingerprint density at radius 2 is 2.38 bits per heavy atom. The molecule has 86 valence electrons. The maximum atomic E-state index is 5.56. The Morgan fingerprint density at radius 1 is 1.50 bits per heavy atom. The van der Waals surface area contributed by atoms with Crippen molar-refractivity contribution >= 4 is 27.8 Å². The highest BCUT2D eigenvalue weighted by Gasteiger charge is 2.00. The number of nitrogens with one attached hydrogen (secondary N) is 1. The van der Waals surface area contributed by atoms with E-state index in [1.54, 1.807) is 11.3 Å². The highest BCUT2D eigenvalue weighted by Crippen LogP contribution is 2.12. The van der Waals surface area contributed by atoms with Crippen LogP contribution in [0.15, 0.2) is 11.6 Å². The van der Waals surface area contributed by atoms with Gasteiger partial charge in [-0.3, -0.25) is 0 Å². The first-order valence-corrected chi connectivity index (χ1v) is 6.75. The number of thiazole rings is 2. The Labute approximate surface area is 103 Å². The molecule has 0 fully saturated rings.